The number of hydrogen-bond donors (Lipinski definition) is 4. The fourth-order valence-corrected chi connectivity index (χ4v) is 6.20. The summed E-state index contributed by atoms with van der Waals surface area (Å²) in [5, 5.41) is 19.2. The zero-order chi connectivity index (χ0) is 23.1. The Bertz CT molecular complexity index is 877. The lowest BCUT2D eigenvalue weighted by Gasteiger charge is -2.32. The Morgan fingerprint density at radius 3 is 2.47 bits per heavy atom. The van der Waals surface area contributed by atoms with Crippen molar-refractivity contribution in [2.45, 2.75) is 75.3 Å². The number of likely N-dealkylation sites (N-methyl/N-ethyl adjacent to an activating group) is 1. The molecule has 0 bridgehead atoms. The van der Waals surface area contributed by atoms with E-state index in [2.05, 4.69) is 45.7 Å². The van der Waals surface area contributed by atoms with E-state index in [0.717, 1.165) is 31.2 Å². The highest BCUT2D eigenvalue weighted by molar-refractivity contribution is 8.22. The molecule has 1 aromatic rings. The molecule has 0 spiro atoms. The first-order chi connectivity index (χ1) is 15.5. The summed E-state index contributed by atoms with van der Waals surface area (Å²) in [5.41, 5.74) is 1.12. The molecule has 0 radical (unpaired) electrons. The van der Waals surface area contributed by atoms with Crippen LogP contribution in [0.3, 0.4) is 0 Å². The Morgan fingerprint density at radius 1 is 1.16 bits per heavy atom. The van der Waals surface area contributed by atoms with Gasteiger partial charge in [0.1, 0.15) is 0 Å². The third-order valence-corrected chi connectivity index (χ3v) is 8.59. The predicted octanol–water partition coefficient (Wildman–Crippen LogP) is 4.84. The van der Waals surface area contributed by atoms with Gasteiger partial charge in [-0.3, -0.25) is 9.59 Å². The summed E-state index contributed by atoms with van der Waals surface area (Å²) < 4.78 is 0. The average molecular weight is 456 g/mol. The summed E-state index contributed by atoms with van der Waals surface area (Å²) in [6, 6.07) is 7.33. The number of allylic oxidation sites excluding steroid dienone is 2. The van der Waals surface area contributed by atoms with E-state index in [1.54, 1.807) is 14.0 Å². The van der Waals surface area contributed by atoms with Crippen LogP contribution in [0.15, 0.2) is 52.1 Å². The van der Waals surface area contributed by atoms with Gasteiger partial charge in [-0.2, -0.15) is 10.9 Å². The lowest BCUT2D eigenvalue weighted by molar-refractivity contribution is -0.127. The van der Waals surface area contributed by atoms with Gasteiger partial charge in [-0.25, -0.2) is 0 Å². The Kier molecular flexibility index (Phi) is 8.88. The summed E-state index contributed by atoms with van der Waals surface area (Å²) in [4.78, 5) is 27.5. The standard InChI is InChI=1S/C26H37N3O2S/c1-4-22(20-13-10-14-21(17-20)32-15-8-9-16-32)23(27)25(30)24(19-11-6-5-7-12-19)29-26(31)18(2)28-3/h8-10,13-19,22,24,27-28,32H,4-7,11-12H2,1-3H3,(H,29,31)/t18-,22-,24-/m0/s1. The summed E-state index contributed by atoms with van der Waals surface area (Å²) in [6.45, 7) is 3.81. The van der Waals surface area contributed by atoms with Crippen LogP contribution in [0.5, 0.6) is 0 Å². The summed E-state index contributed by atoms with van der Waals surface area (Å²) in [6.07, 6.45) is 9.99. The minimum absolute atomic E-state index is 0.102. The highest BCUT2D eigenvalue weighted by atomic mass is 32.2. The highest BCUT2D eigenvalue weighted by Gasteiger charge is 2.36. The number of hydrogen-bond acceptors (Lipinski definition) is 4. The molecule has 1 fully saturated rings. The maximum atomic E-state index is 13.6. The largest absolute Gasteiger partial charge is 0.344 e. The van der Waals surface area contributed by atoms with Gasteiger partial charge in [0.05, 0.1) is 17.8 Å². The zero-order valence-electron chi connectivity index (χ0n) is 19.4. The number of benzene rings is 1. The van der Waals surface area contributed by atoms with Crippen molar-refractivity contribution < 1.29 is 9.59 Å². The molecule has 6 heteroatoms. The third kappa shape index (κ3) is 5.78. The first kappa shape index (κ1) is 24.5. The second-order valence-electron chi connectivity index (χ2n) is 8.82. The first-order valence-electron chi connectivity index (χ1n) is 11.8. The number of ketones is 1. The molecular weight excluding hydrogens is 418 g/mol. The van der Waals surface area contributed by atoms with Gasteiger partial charge >= 0.3 is 0 Å². The second kappa shape index (κ2) is 11.6. The number of Topliss-reactive ketones (excluding diaryl/α,β-unsaturated/α-hetero) is 1. The van der Waals surface area contributed by atoms with Crippen molar-refractivity contribution in [2.75, 3.05) is 7.05 Å². The Balaban J connectivity index is 1.83. The van der Waals surface area contributed by atoms with Crippen LogP contribution in [-0.2, 0) is 9.59 Å². The van der Waals surface area contributed by atoms with Crippen molar-refractivity contribution in [3.63, 3.8) is 0 Å². The van der Waals surface area contributed by atoms with Gasteiger partial charge in [0.25, 0.3) is 0 Å². The number of nitrogens with one attached hydrogen (secondary N) is 3. The van der Waals surface area contributed by atoms with Crippen LogP contribution in [-0.4, -0.2) is 36.5 Å². The van der Waals surface area contributed by atoms with Crippen molar-refractivity contribution in [1.29, 1.82) is 5.41 Å². The van der Waals surface area contributed by atoms with E-state index in [1.165, 1.54) is 11.3 Å². The molecule has 3 N–H and O–H groups in total. The molecule has 2 aliphatic rings. The third-order valence-electron chi connectivity index (χ3n) is 6.73. The highest BCUT2D eigenvalue weighted by Crippen LogP contribution is 2.43. The fourth-order valence-electron chi connectivity index (χ4n) is 4.63. The first-order valence-corrected chi connectivity index (χ1v) is 13.3. The van der Waals surface area contributed by atoms with E-state index in [-0.39, 0.29) is 35.3 Å². The minimum Gasteiger partial charge on any atom is -0.344 e. The topological polar surface area (TPSA) is 82.1 Å². The van der Waals surface area contributed by atoms with Crippen molar-refractivity contribution in [3.8, 4) is 0 Å². The molecule has 32 heavy (non-hydrogen) atoms. The zero-order valence-corrected chi connectivity index (χ0v) is 20.3. The molecular formula is C26H37N3O2S. The van der Waals surface area contributed by atoms with Crippen molar-refractivity contribution in [2.24, 2.45) is 5.92 Å². The SMILES string of the molecule is CC[C@H](C(=N)C(=O)[C@@H](NC(=O)[C@H](C)NC)C1CCCCC1)c1cccc([SH]2C=CC=C2)c1. The molecule has 1 heterocycles. The van der Waals surface area contributed by atoms with Crippen LogP contribution < -0.4 is 10.6 Å². The molecule has 174 valence electrons. The van der Waals surface area contributed by atoms with Crippen LogP contribution in [0.4, 0.5) is 0 Å². The van der Waals surface area contributed by atoms with Crippen LogP contribution >= 0.6 is 10.9 Å². The predicted molar refractivity (Wildman–Crippen MR) is 135 cm³/mol. The van der Waals surface area contributed by atoms with Crippen molar-refractivity contribution in [1.82, 2.24) is 10.6 Å². The van der Waals surface area contributed by atoms with Gasteiger partial charge in [0.15, 0.2) is 5.78 Å². The monoisotopic (exact) mass is 455 g/mol. The van der Waals surface area contributed by atoms with Crippen LogP contribution in [0.1, 0.15) is 63.9 Å². The van der Waals surface area contributed by atoms with Gasteiger partial charge in [-0.15, -0.1) is 0 Å². The summed E-state index contributed by atoms with van der Waals surface area (Å²) in [5.74, 6) is -0.567. The normalized spacial score (nSPS) is 20.0. The average Bonchev–Trinajstić information content (AvgIpc) is 3.37. The number of thiol groups is 1. The number of amides is 1. The quantitative estimate of drug-likeness (QED) is 0.301. The Labute approximate surface area is 195 Å². The molecule has 3 atom stereocenters. The van der Waals surface area contributed by atoms with Crippen LogP contribution in [0.2, 0.25) is 0 Å². The fraction of sp³-hybridized carbons (Fsp3) is 0.500. The molecule has 0 aromatic heterocycles. The van der Waals surface area contributed by atoms with Crippen LogP contribution in [0.25, 0.3) is 0 Å². The Hall–Kier alpha value is -2.18. The van der Waals surface area contributed by atoms with Crippen molar-refractivity contribution >= 4 is 28.3 Å². The van der Waals surface area contributed by atoms with E-state index < -0.39 is 16.9 Å². The number of rotatable bonds is 10. The smallest absolute Gasteiger partial charge is 0.237 e. The van der Waals surface area contributed by atoms with Crippen molar-refractivity contribution in [3.05, 3.63) is 52.8 Å². The van der Waals surface area contributed by atoms with Crippen LogP contribution in [0, 0.1) is 11.3 Å². The lowest BCUT2D eigenvalue weighted by Crippen LogP contribution is -2.53. The van der Waals surface area contributed by atoms with Gasteiger partial charge in [-0.05, 0) is 72.6 Å². The van der Waals surface area contributed by atoms with E-state index in [4.69, 9.17) is 5.41 Å². The minimum atomic E-state index is -0.617. The Morgan fingerprint density at radius 2 is 1.84 bits per heavy atom. The van der Waals surface area contributed by atoms with Gasteiger partial charge in [0.2, 0.25) is 5.91 Å². The lowest BCUT2D eigenvalue weighted by atomic mass is 9.78. The van der Waals surface area contributed by atoms with Gasteiger partial charge in [-0.1, -0.05) is 50.5 Å². The van der Waals surface area contributed by atoms with E-state index in [9.17, 15) is 9.59 Å². The summed E-state index contributed by atoms with van der Waals surface area (Å²) >= 11 is 0. The maximum absolute atomic E-state index is 13.6. The van der Waals surface area contributed by atoms with E-state index in [0.29, 0.717) is 6.42 Å². The molecule has 1 aromatic carbocycles. The molecule has 1 saturated carbocycles. The maximum Gasteiger partial charge on any atom is 0.237 e. The molecule has 0 unspecified atom stereocenters. The van der Waals surface area contributed by atoms with E-state index >= 15 is 0 Å². The summed E-state index contributed by atoms with van der Waals surface area (Å²) in [7, 11) is 1.29. The van der Waals surface area contributed by atoms with Gasteiger partial charge in [0, 0.05) is 5.92 Å². The number of carbonyl (C=O) groups excluding carboxylic acids is 2. The second-order valence-corrected chi connectivity index (χ2v) is 10.7. The molecule has 1 aliphatic carbocycles. The number of carbonyl (C=O) groups is 2. The van der Waals surface area contributed by atoms with Gasteiger partial charge < -0.3 is 16.0 Å². The molecule has 0 saturated heterocycles. The van der Waals surface area contributed by atoms with E-state index in [1.807, 2.05) is 19.1 Å². The molecule has 1 amide bonds. The molecule has 5 nitrogen and oxygen atoms in total. The molecule has 1 aliphatic heterocycles. The molecule has 3 rings (SSSR count).